The van der Waals surface area contributed by atoms with Crippen LogP contribution in [-0.4, -0.2) is 28.9 Å². The van der Waals surface area contributed by atoms with E-state index in [1.165, 1.54) is 24.8 Å². The molecule has 0 radical (unpaired) electrons. The number of piperidine rings is 1. The molecule has 28 heavy (non-hydrogen) atoms. The molecule has 4 heteroatoms. The molecule has 2 aromatic rings. The van der Waals surface area contributed by atoms with Crippen molar-refractivity contribution in [2.45, 2.75) is 45.6 Å². The summed E-state index contributed by atoms with van der Waals surface area (Å²) < 4.78 is 5.98. The first kappa shape index (κ1) is 18.8. The predicted molar refractivity (Wildman–Crippen MR) is 111 cm³/mol. The number of phenolic OH excluding ortho intramolecular Hbond substituents is 1. The van der Waals surface area contributed by atoms with Gasteiger partial charge in [0.05, 0.1) is 11.1 Å². The fourth-order valence-electron chi connectivity index (χ4n) is 3.92. The van der Waals surface area contributed by atoms with E-state index in [-0.39, 0.29) is 11.5 Å². The smallest absolute Gasteiger partial charge is 0.231 e. The van der Waals surface area contributed by atoms with Crippen molar-refractivity contribution in [3.63, 3.8) is 0 Å². The second-order valence-corrected chi connectivity index (χ2v) is 8.04. The highest BCUT2D eigenvalue weighted by Crippen LogP contribution is 2.40. The molecule has 0 amide bonds. The topological polar surface area (TPSA) is 49.8 Å². The lowest BCUT2D eigenvalue weighted by Crippen LogP contribution is -2.29. The van der Waals surface area contributed by atoms with Gasteiger partial charge in [0.25, 0.3) is 0 Å². The zero-order valence-electron chi connectivity index (χ0n) is 16.6. The van der Waals surface area contributed by atoms with Gasteiger partial charge in [0, 0.05) is 6.54 Å². The van der Waals surface area contributed by atoms with E-state index in [1.54, 1.807) is 18.2 Å². The number of benzene rings is 2. The second-order valence-electron chi connectivity index (χ2n) is 8.04. The number of hydrogen-bond acceptors (Lipinski definition) is 4. The van der Waals surface area contributed by atoms with Crippen molar-refractivity contribution in [1.29, 1.82) is 0 Å². The monoisotopic (exact) mass is 377 g/mol. The highest BCUT2D eigenvalue weighted by atomic mass is 16.5. The van der Waals surface area contributed by atoms with Gasteiger partial charge in [0.15, 0.2) is 5.76 Å². The molecule has 2 heterocycles. The van der Waals surface area contributed by atoms with E-state index >= 15 is 0 Å². The van der Waals surface area contributed by atoms with Crippen molar-refractivity contribution in [2.24, 2.45) is 0 Å². The average Bonchev–Trinajstić information content (AvgIpc) is 3.01. The molecule has 0 atom stereocenters. The van der Waals surface area contributed by atoms with E-state index in [0.29, 0.717) is 35.1 Å². The summed E-state index contributed by atoms with van der Waals surface area (Å²) in [5.74, 6) is 1.37. The number of phenols is 1. The summed E-state index contributed by atoms with van der Waals surface area (Å²) in [7, 11) is 0. The molecule has 0 aromatic heterocycles. The summed E-state index contributed by atoms with van der Waals surface area (Å²) in [4.78, 5) is 15.2. The first-order valence-electron chi connectivity index (χ1n) is 10.1. The van der Waals surface area contributed by atoms with Gasteiger partial charge in [-0.2, -0.15) is 0 Å². The Morgan fingerprint density at radius 3 is 2.46 bits per heavy atom. The number of nitrogens with zero attached hydrogens (tertiary/aromatic N) is 1. The summed E-state index contributed by atoms with van der Waals surface area (Å²) >= 11 is 0. The van der Waals surface area contributed by atoms with Crippen LogP contribution in [0.2, 0.25) is 0 Å². The van der Waals surface area contributed by atoms with Gasteiger partial charge in [0.1, 0.15) is 11.5 Å². The van der Waals surface area contributed by atoms with Crippen molar-refractivity contribution in [2.75, 3.05) is 13.1 Å². The molecule has 0 aliphatic carbocycles. The van der Waals surface area contributed by atoms with Gasteiger partial charge in [-0.1, -0.05) is 44.5 Å². The fourth-order valence-corrected chi connectivity index (χ4v) is 3.92. The van der Waals surface area contributed by atoms with E-state index in [1.807, 2.05) is 12.1 Å². The maximum absolute atomic E-state index is 12.8. The molecule has 1 saturated heterocycles. The zero-order chi connectivity index (χ0) is 19.7. The summed E-state index contributed by atoms with van der Waals surface area (Å²) in [6.07, 6.45) is 5.39. The molecule has 1 fully saturated rings. The zero-order valence-corrected chi connectivity index (χ0v) is 16.6. The number of ketones is 1. The molecular weight excluding hydrogens is 350 g/mol. The Hall–Kier alpha value is -2.59. The Morgan fingerprint density at radius 1 is 1.07 bits per heavy atom. The normalized spacial score (nSPS) is 18.5. The minimum Gasteiger partial charge on any atom is -0.507 e. The minimum absolute atomic E-state index is 0.122. The highest BCUT2D eigenvalue weighted by Gasteiger charge is 2.31. The standard InChI is InChI=1S/C24H27NO3/c1-16(2)18-8-6-17(7-9-18)14-22-23(27)19-10-11-21(26)20(24(19)28-22)15-25-12-4-3-5-13-25/h6-11,14,16,26H,3-5,12-13,15H2,1-2H3/b22-14-. The Kier molecular flexibility index (Phi) is 5.23. The van der Waals surface area contributed by atoms with Gasteiger partial charge >= 0.3 is 0 Å². The van der Waals surface area contributed by atoms with Gasteiger partial charge < -0.3 is 9.84 Å². The third kappa shape index (κ3) is 3.69. The number of carbonyl (C=O) groups is 1. The largest absolute Gasteiger partial charge is 0.507 e. The first-order chi connectivity index (χ1) is 13.5. The van der Waals surface area contributed by atoms with E-state index < -0.39 is 0 Å². The lowest BCUT2D eigenvalue weighted by atomic mass is 10.0. The highest BCUT2D eigenvalue weighted by molar-refractivity contribution is 6.15. The van der Waals surface area contributed by atoms with Gasteiger partial charge in [-0.25, -0.2) is 0 Å². The number of fused-ring (bicyclic) bond motifs is 1. The van der Waals surface area contributed by atoms with Crippen molar-refractivity contribution in [3.8, 4) is 11.5 Å². The summed E-state index contributed by atoms with van der Waals surface area (Å²) in [6, 6.07) is 11.5. The van der Waals surface area contributed by atoms with Gasteiger partial charge in [-0.3, -0.25) is 9.69 Å². The fraction of sp³-hybridized carbons (Fsp3) is 0.375. The third-order valence-corrected chi connectivity index (χ3v) is 5.65. The van der Waals surface area contributed by atoms with Crippen molar-refractivity contribution in [3.05, 3.63) is 64.4 Å². The van der Waals surface area contributed by atoms with Crippen LogP contribution in [0.3, 0.4) is 0 Å². The number of carbonyl (C=O) groups excluding carboxylic acids is 1. The lowest BCUT2D eigenvalue weighted by molar-refractivity contribution is 0.101. The van der Waals surface area contributed by atoms with Crippen LogP contribution >= 0.6 is 0 Å². The summed E-state index contributed by atoms with van der Waals surface area (Å²) in [5, 5.41) is 10.4. The van der Waals surface area contributed by atoms with Crippen molar-refractivity contribution in [1.82, 2.24) is 4.90 Å². The molecule has 0 bridgehead atoms. The van der Waals surface area contributed by atoms with E-state index in [2.05, 4.69) is 30.9 Å². The summed E-state index contributed by atoms with van der Waals surface area (Å²) in [5.41, 5.74) is 3.45. The molecule has 2 aromatic carbocycles. The molecule has 2 aliphatic heterocycles. The van der Waals surface area contributed by atoms with Crippen LogP contribution in [0.5, 0.6) is 11.5 Å². The van der Waals surface area contributed by atoms with E-state index in [0.717, 1.165) is 18.7 Å². The number of likely N-dealkylation sites (tertiary alicyclic amines) is 1. The van der Waals surface area contributed by atoms with Crippen LogP contribution in [0.15, 0.2) is 42.2 Å². The quantitative estimate of drug-likeness (QED) is 0.752. The number of Topliss-reactive ketones (excluding diaryl/α,β-unsaturated/α-hetero) is 1. The van der Waals surface area contributed by atoms with Crippen LogP contribution in [0.25, 0.3) is 6.08 Å². The Morgan fingerprint density at radius 2 is 1.79 bits per heavy atom. The van der Waals surface area contributed by atoms with E-state index in [4.69, 9.17) is 4.74 Å². The molecule has 0 saturated carbocycles. The molecular formula is C24H27NO3. The van der Waals surface area contributed by atoms with E-state index in [9.17, 15) is 9.90 Å². The molecule has 4 rings (SSSR count). The maximum Gasteiger partial charge on any atom is 0.231 e. The molecule has 0 spiro atoms. The molecule has 0 unspecified atom stereocenters. The Bertz CT molecular complexity index is 906. The average molecular weight is 377 g/mol. The molecule has 4 nitrogen and oxygen atoms in total. The van der Waals surface area contributed by atoms with Gasteiger partial charge in [-0.05, 0) is 61.2 Å². The van der Waals surface area contributed by atoms with Crippen LogP contribution < -0.4 is 4.74 Å². The van der Waals surface area contributed by atoms with Crippen LogP contribution in [0.1, 0.15) is 66.1 Å². The SMILES string of the molecule is CC(C)c1ccc(/C=C2\Oc3c(ccc(O)c3CN3CCCCC3)C2=O)cc1. The number of aromatic hydroxyl groups is 1. The van der Waals surface area contributed by atoms with Crippen molar-refractivity contribution >= 4 is 11.9 Å². The Labute approximate surface area is 166 Å². The van der Waals surface area contributed by atoms with Gasteiger partial charge in [-0.15, -0.1) is 0 Å². The maximum atomic E-state index is 12.8. The van der Waals surface area contributed by atoms with Crippen LogP contribution in [0.4, 0.5) is 0 Å². The Balaban J connectivity index is 1.61. The predicted octanol–water partition coefficient (Wildman–Crippen LogP) is 5.12. The molecule has 146 valence electrons. The van der Waals surface area contributed by atoms with Gasteiger partial charge in [0.2, 0.25) is 5.78 Å². The first-order valence-corrected chi connectivity index (χ1v) is 10.1. The molecule has 1 N–H and O–H groups in total. The van der Waals surface area contributed by atoms with Crippen molar-refractivity contribution < 1.29 is 14.6 Å². The molecule has 2 aliphatic rings. The number of allylic oxidation sites excluding steroid dienone is 1. The number of hydrogen-bond donors (Lipinski definition) is 1. The second kappa shape index (κ2) is 7.80. The lowest BCUT2D eigenvalue weighted by Gasteiger charge is -2.27. The summed E-state index contributed by atoms with van der Waals surface area (Å²) in [6.45, 7) is 6.96. The minimum atomic E-state index is -0.122. The third-order valence-electron chi connectivity index (χ3n) is 5.65. The van der Waals surface area contributed by atoms with Crippen LogP contribution in [-0.2, 0) is 6.54 Å². The van der Waals surface area contributed by atoms with Crippen LogP contribution in [0, 0.1) is 0 Å². The number of rotatable bonds is 4. The number of ether oxygens (including phenoxy) is 1.